The largest absolute Gasteiger partial charge is 0.497 e. The third-order valence-electron chi connectivity index (χ3n) is 7.62. The number of nitrogens with one attached hydrogen (secondary N) is 1. The summed E-state index contributed by atoms with van der Waals surface area (Å²) in [5, 5.41) is 3.46. The summed E-state index contributed by atoms with van der Waals surface area (Å²) >= 11 is 6.32. The molecule has 0 aromatic heterocycles. The fraction of sp³-hybridized carbons (Fsp3) is 0.278. The van der Waals surface area contributed by atoms with Crippen LogP contribution in [-0.2, 0) is 32.6 Å². The number of unbranched alkanes of at least 4 members (excludes halogenated alkanes) is 1. The summed E-state index contributed by atoms with van der Waals surface area (Å²) in [6.45, 7) is 1.88. The molecule has 9 nitrogen and oxygen atoms in total. The van der Waals surface area contributed by atoms with Crippen LogP contribution in [0.3, 0.4) is 0 Å². The molecule has 47 heavy (non-hydrogen) atoms. The van der Waals surface area contributed by atoms with Crippen LogP contribution >= 0.6 is 11.6 Å². The Balaban J connectivity index is 1.82. The molecule has 0 aliphatic carbocycles. The fourth-order valence-corrected chi connectivity index (χ4v) is 6.75. The van der Waals surface area contributed by atoms with E-state index in [0.29, 0.717) is 22.9 Å². The standard InChI is InChI=1S/C36H40ClN3O6S/c1-4-5-22-38-36(42)33(24-27-12-7-6-8-13-27)39(25-28-14-11-15-29(37)23-28)35(41)26-40(32-16-9-10-17-34(32)46-3)47(43,44)31-20-18-30(45-2)19-21-31/h6-21,23,33H,4-5,22,24-26H2,1-3H3,(H,38,42)/t33-/m1/s1. The third-order valence-corrected chi connectivity index (χ3v) is 9.63. The van der Waals surface area contributed by atoms with E-state index in [9.17, 15) is 18.0 Å². The second-order valence-corrected chi connectivity index (χ2v) is 13.2. The highest BCUT2D eigenvalue weighted by molar-refractivity contribution is 7.92. The average Bonchev–Trinajstić information content (AvgIpc) is 3.09. The van der Waals surface area contributed by atoms with E-state index in [1.165, 1.54) is 43.4 Å². The Kier molecular flexibility index (Phi) is 12.7. The number of halogens is 1. The molecule has 0 radical (unpaired) electrons. The predicted molar refractivity (Wildman–Crippen MR) is 184 cm³/mol. The van der Waals surface area contributed by atoms with E-state index in [-0.39, 0.29) is 35.2 Å². The fourth-order valence-electron chi connectivity index (χ4n) is 5.12. The molecule has 4 aromatic carbocycles. The Labute approximate surface area is 282 Å². The lowest BCUT2D eigenvalue weighted by atomic mass is 10.0. The highest BCUT2D eigenvalue weighted by Gasteiger charge is 2.35. The number of carbonyl (C=O) groups is 2. The van der Waals surface area contributed by atoms with Crippen molar-refractivity contribution >= 4 is 39.1 Å². The van der Waals surface area contributed by atoms with Gasteiger partial charge in [-0.05, 0) is 66.1 Å². The Bertz CT molecular complexity index is 1740. The minimum atomic E-state index is -4.31. The number of sulfonamides is 1. The van der Waals surface area contributed by atoms with Crippen LogP contribution in [0.5, 0.6) is 11.5 Å². The molecule has 0 fully saturated rings. The molecule has 1 atom stereocenters. The van der Waals surface area contributed by atoms with Crippen LogP contribution in [-0.4, -0.2) is 58.5 Å². The Morgan fingerprint density at radius 3 is 2.19 bits per heavy atom. The van der Waals surface area contributed by atoms with Gasteiger partial charge in [0.15, 0.2) is 0 Å². The van der Waals surface area contributed by atoms with Crippen LogP contribution in [0.2, 0.25) is 5.02 Å². The van der Waals surface area contributed by atoms with Crippen molar-refractivity contribution in [2.75, 3.05) is 31.6 Å². The lowest BCUT2D eigenvalue weighted by Crippen LogP contribution is -2.53. The number of hydrogen-bond acceptors (Lipinski definition) is 6. The quantitative estimate of drug-likeness (QED) is 0.144. The summed E-state index contributed by atoms with van der Waals surface area (Å²) in [6, 6.07) is 28.0. The van der Waals surface area contributed by atoms with Gasteiger partial charge in [0.1, 0.15) is 24.1 Å². The van der Waals surface area contributed by atoms with Crippen molar-refractivity contribution in [3.63, 3.8) is 0 Å². The molecule has 0 saturated carbocycles. The number of hydrogen-bond donors (Lipinski definition) is 1. The van der Waals surface area contributed by atoms with E-state index in [1.54, 1.807) is 42.5 Å². The zero-order chi connectivity index (χ0) is 33.8. The normalized spacial score (nSPS) is 11.7. The maximum Gasteiger partial charge on any atom is 0.264 e. The van der Waals surface area contributed by atoms with E-state index in [4.69, 9.17) is 21.1 Å². The number of carbonyl (C=O) groups excluding carboxylic acids is 2. The topological polar surface area (TPSA) is 105 Å². The molecule has 2 amide bonds. The van der Waals surface area contributed by atoms with Crippen molar-refractivity contribution in [3.05, 3.63) is 119 Å². The first-order valence-electron chi connectivity index (χ1n) is 15.3. The van der Waals surface area contributed by atoms with E-state index in [1.807, 2.05) is 43.3 Å². The molecule has 0 unspecified atom stereocenters. The molecule has 0 saturated heterocycles. The van der Waals surface area contributed by atoms with Gasteiger partial charge in [0.05, 0.1) is 24.8 Å². The van der Waals surface area contributed by atoms with Crippen molar-refractivity contribution in [3.8, 4) is 11.5 Å². The van der Waals surface area contributed by atoms with E-state index in [2.05, 4.69) is 5.32 Å². The zero-order valence-electron chi connectivity index (χ0n) is 26.8. The van der Waals surface area contributed by atoms with E-state index in [0.717, 1.165) is 22.7 Å². The summed E-state index contributed by atoms with van der Waals surface area (Å²) in [7, 11) is -1.39. The lowest BCUT2D eigenvalue weighted by molar-refractivity contribution is -0.140. The molecule has 1 N–H and O–H groups in total. The molecular weight excluding hydrogens is 638 g/mol. The number of rotatable bonds is 16. The molecule has 0 spiro atoms. The summed E-state index contributed by atoms with van der Waals surface area (Å²) in [5.74, 6) is -0.176. The molecule has 4 rings (SSSR count). The lowest BCUT2D eigenvalue weighted by Gasteiger charge is -2.34. The van der Waals surface area contributed by atoms with Crippen LogP contribution < -0.4 is 19.1 Å². The van der Waals surface area contributed by atoms with Gasteiger partial charge in [-0.3, -0.25) is 13.9 Å². The number of methoxy groups -OCH3 is 2. The first-order valence-corrected chi connectivity index (χ1v) is 17.1. The first-order chi connectivity index (χ1) is 22.7. The molecule has 4 aromatic rings. The molecule has 11 heteroatoms. The maximum atomic E-state index is 14.6. The highest BCUT2D eigenvalue weighted by Crippen LogP contribution is 2.33. The Morgan fingerprint density at radius 2 is 1.53 bits per heavy atom. The summed E-state index contributed by atoms with van der Waals surface area (Å²) < 4.78 is 40.4. The van der Waals surface area contributed by atoms with Gasteiger partial charge >= 0.3 is 0 Å². The Hall–Kier alpha value is -4.54. The number of nitrogens with zero attached hydrogens (tertiary/aromatic N) is 2. The molecule has 0 heterocycles. The zero-order valence-corrected chi connectivity index (χ0v) is 28.3. The second kappa shape index (κ2) is 16.9. The molecular formula is C36H40ClN3O6S. The van der Waals surface area contributed by atoms with Crippen LogP contribution in [0.15, 0.2) is 108 Å². The monoisotopic (exact) mass is 677 g/mol. The van der Waals surface area contributed by atoms with Crippen LogP contribution in [0, 0.1) is 0 Å². The molecule has 0 bridgehead atoms. The van der Waals surface area contributed by atoms with Crippen molar-refractivity contribution in [2.45, 2.75) is 43.7 Å². The summed E-state index contributed by atoms with van der Waals surface area (Å²) in [5.41, 5.74) is 1.71. The minimum absolute atomic E-state index is 0.0143. The van der Waals surface area contributed by atoms with Gasteiger partial charge in [-0.2, -0.15) is 0 Å². The van der Waals surface area contributed by atoms with Crippen molar-refractivity contribution in [1.82, 2.24) is 10.2 Å². The summed E-state index contributed by atoms with van der Waals surface area (Å²) in [6.07, 6.45) is 1.87. The molecule has 0 aliphatic rings. The minimum Gasteiger partial charge on any atom is -0.497 e. The predicted octanol–water partition coefficient (Wildman–Crippen LogP) is 6.11. The highest BCUT2D eigenvalue weighted by atomic mass is 35.5. The smallest absolute Gasteiger partial charge is 0.264 e. The van der Waals surface area contributed by atoms with Gasteiger partial charge in [0, 0.05) is 24.5 Å². The van der Waals surface area contributed by atoms with Gasteiger partial charge in [-0.25, -0.2) is 8.42 Å². The third kappa shape index (κ3) is 9.27. The van der Waals surface area contributed by atoms with Gasteiger partial charge < -0.3 is 19.7 Å². The van der Waals surface area contributed by atoms with Gasteiger partial charge in [-0.1, -0.05) is 79.5 Å². The summed E-state index contributed by atoms with van der Waals surface area (Å²) in [4.78, 5) is 29.9. The number of anilines is 1. The SMILES string of the molecule is CCCCNC(=O)[C@@H](Cc1ccccc1)N(Cc1cccc(Cl)c1)C(=O)CN(c1ccccc1OC)S(=O)(=O)c1ccc(OC)cc1. The number of ether oxygens (including phenoxy) is 2. The van der Waals surface area contributed by atoms with E-state index < -0.39 is 28.5 Å². The van der Waals surface area contributed by atoms with Gasteiger partial charge in [0.25, 0.3) is 10.0 Å². The number of para-hydroxylation sites is 2. The van der Waals surface area contributed by atoms with E-state index >= 15 is 0 Å². The van der Waals surface area contributed by atoms with Crippen molar-refractivity contribution in [2.24, 2.45) is 0 Å². The Morgan fingerprint density at radius 1 is 0.851 bits per heavy atom. The first kappa shape index (κ1) is 35.3. The molecule has 0 aliphatic heterocycles. The number of amides is 2. The van der Waals surface area contributed by atoms with Gasteiger partial charge in [0.2, 0.25) is 11.8 Å². The molecule has 248 valence electrons. The maximum absolute atomic E-state index is 14.6. The number of benzene rings is 4. The van der Waals surface area contributed by atoms with Crippen molar-refractivity contribution < 1.29 is 27.5 Å². The average molecular weight is 678 g/mol. The van der Waals surface area contributed by atoms with Crippen LogP contribution in [0.1, 0.15) is 30.9 Å². The second-order valence-electron chi connectivity index (χ2n) is 10.9. The van der Waals surface area contributed by atoms with Crippen LogP contribution in [0.4, 0.5) is 5.69 Å². The van der Waals surface area contributed by atoms with Crippen LogP contribution in [0.25, 0.3) is 0 Å². The van der Waals surface area contributed by atoms with Gasteiger partial charge in [-0.15, -0.1) is 0 Å². The van der Waals surface area contributed by atoms with Crippen molar-refractivity contribution in [1.29, 1.82) is 0 Å².